The molecule has 2 rings (SSSR count). The topological polar surface area (TPSA) is 83.9 Å². The minimum Gasteiger partial charge on any atom is -0.480 e. The molecule has 1 aromatic rings. The second kappa shape index (κ2) is 6.03. The maximum absolute atomic E-state index is 12.2. The monoisotopic (exact) mass is 313 g/mol. The number of carboxylic acid groups (broad SMARTS) is 1. The highest BCUT2D eigenvalue weighted by atomic mass is 32.2. The van der Waals surface area contributed by atoms with E-state index >= 15 is 0 Å². The molecule has 1 saturated heterocycles. The zero-order valence-electron chi connectivity index (χ0n) is 12.0. The molecule has 0 amide bonds. The van der Waals surface area contributed by atoms with E-state index in [1.54, 1.807) is 30.0 Å². The van der Waals surface area contributed by atoms with E-state index in [1.807, 2.05) is 0 Å². The number of aliphatic carboxylic acids is 1. The summed E-state index contributed by atoms with van der Waals surface area (Å²) in [6, 6.07) is 5.75. The van der Waals surface area contributed by atoms with Gasteiger partial charge in [0.15, 0.2) is 9.84 Å². The normalized spacial score (nSPS) is 22.5. The molecule has 1 N–H and O–H groups in total. The Morgan fingerprint density at radius 3 is 2.67 bits per heavy atom. The summed E-state index contributed by atoms with van der Waals surface area (Å²) < 4.78 is 29.6. The summed E-state index contributed by atoms with van der Waals surface area (Å²) in [5.41, 5.74) is 0.436. The number of benzene rings is 1. The van der Waals surface area contributed by atoms with Gasteiger partial charge in [-0.05, 0) is 12.1 Å². The van der Waals surface area contributed by atoms with Crippen LogP contribution in [0.4, 0.5) is 5.69 Å². The average molecular weight is 313 g/mol. The number of carboxylic acids is 1. The molecular weight excluding hydrogens is 294 g/mol. The lowest BCUT2D eigenvalue weighted by molar-refractivity contribution is -0.138. The van der Waals surface area contributed by atoms with Gasteiger partial charge < -0.3 is 14.7 Å². The highest BCUT2D eigenvalue weighted by Gasteiger charge is 2.38. The second-order valence-corrected chi connectivity index (χ2v) is 7.22. The van der Waals surface area contributed by atoms with E-state index < -0.39 is 21.8 Å². The van der Waals surface area contributed by atoms with Crippen LogP contribution in [0, 0.1) is 0 Å². The van der Waals surface area contributed by atoms with Crippen molar-refractivity contribution in [1.82, 2.24) is 0 Å². The molecule has 6 nitrogen and oxygen atoms in total. The van der Waals surface area contributed by atoms with Crippen molar-refractivity contribution in [2.75, 3.05) is 24.3 Å². The minimum absolute atomic E-state index is 0.0245. The summed E-state index contributed by atoms with van der Waals surface area (Å²) in [5.74, 6) is -0.998. The quantitative estimate of drug-likeness (QED) is 0.878. The van der Waals surface area contributed by atoms with Crippen molar-refractivity contribution in [3.8, 4) is 0 Å². The van der Waals surface area contributed by atoms with Gasteiger partial charge in [0.25, 0.3) is 0 Å². The first-order valence-corrected chi connectivity index (χ1v) is 8.40. The number of carbonyl (C=O) groups is 1. The smallest absolute Gasteiger partial charge is 0.326 e. The Morgan fingerprint density at radius 2 is 2.10 bits per heavy atom. The minimum atomic E-state index is -3.42. The standard InChI is InChI=1S/C14H19NO5S/c1-3-21(18,19)13-7-5-4-6-11(13)15-9-10(20-2)8-12(15)14(16)17/h4-7,10,12H,3,8-9H2,1-2H3,(H,16,17). The van der Waals surface area contributed by atoms with E-state index in [2.05, 4.69) is 0 Å². The molecule has 0 bridgehead atoms. The molecule has 116 valence electrons. The lowest BCUT2D eigenvalue weighted by Gasteiger charge is -2.25. The third kappa shape index (κ3) is 3.03. The van der Waals surface area contributed by atoms with Crippen molar-refractivity contribution in [3.63, 3.8) is 0 Å². The Labute approximate surface area is 124 Å². The molecule has 2 unspecified atom stereocenters. The fraction of sp³-hybridized carbons (Fsp3) is 0.500. The highest BCUT2D eigenvalue weighted by Crippen LogP contribution is 2.32. The van der Waals surface area contributed by atoms with E-state index in [-0.39, 0.29) is 16.8 Å². The molecular formula is C14H19NO5S. The summed E-state index contributed by atoms with van der Waals surface area (Å²) in [6.45, 7) is 1.94. The third-order valence-corrected chi connectivity index (χ3v) is 5.55. The molecule has 1 aliphatic heterocycles. The third-order valence-electron chi connectivity index (χ3n) is 3.77. The van der Waals surface area contributed by atoms with Crippen LogP contribution in [0.5, 0.6) is 0 Å². The maximum Gasteiger partial charge on any atom is 0.326 e. The van der Waals surface area contributed by atoms with Crippen LogP contribution in [0.25, 0.3) is 0 Å². The number of nitrogens with zero attached hydrogens (tertiary/aromatic N) is 1. The number of hydrogen-bond donors (Lipinski definition) is 1. The molecule has 21 heavy (non-hydrogen) atoms. The Kier molecular flexibility index (Phi) is 4.53. The summed E-state index contributed by atoms with van der Waals surface area (Å²) in [7, 11) is -1.89. The fourth-order valence-corrected chi connectivity index (χ4v) is 3.68. The molecule has 2 atom stereocenters. The Hall–Kier alpha value is -1.60. The van der Waals surface area contributed by atoms with Crippen molar-refractivity contribution >= 4 is 21.5 Å². The zero-order valence-corrected chi connectivity index (χ0v) is 12.8. The first-order valence-electron chi connectivity index (χ1n) is 6.74. The largest absolute Gasteiger partial charge is 0.480 e. The van der Waals surface area contributed by atoms with Crippen LogP contribution in [-0.2, 0) is 19.4 Å². The van der Waals surface area contributed by atoms with Crippen molar-refractivity contribution in [2.24, 2.45) is 0 Å². The van der Waals surface area contributed by atoms with Gasteiger partial charge in [-0.3, -0.25) is 0 Å². The van der Waals surface area contributed by atoms with Gasteiger partial charge in [0.1, 0.15) is 6.04 Å². The van der Waals surface area contributed by atoms with Crippen molar-refractivity contribution in [3.05, 3.63) is 24.3 Å². The predicted octanol–water partition coefficient (Wildman–Crippen LogP) is 1.16. The molecule has 0 saturated carbocycles. The molecule has 0 spiro atoms. The van der Waals surface area contributed by atoms with E-state index in [9.17, 15) is 18.3 Å². The number of para-hydroxylation sites is 1. The lowest BCUT2D eigenvalue weighted by Crippen LogP contribution is -2.36. The van der Waals surface area contributed by atoms with E-state index in [4.69, 9.17) is 4.74 Å². The molecule has 1 heterocycles. The molecule has 0 aliphatic carbocycles. The van der Waals surface area contributed by atoms with Crippen LogP contribution in [-0.4, -0.2) is 51.0 Å². The van der Waals surface area contributed by atoms with Crippen molar-refractivity contribution in [2.45, 2.75) is 30.4 Å². The van der Waals surface area contributed by atoms with Gasteiger partial charge in [0.2, 0.25) is 0 Å². The Bertz CT molecular complexity index is 628. The fourth-order valence-electron chi connectivity index (χ4n) is 2.58. The molecule has 0 radical (unpaired) electrons. The van der Waals surface area contributed by atoms with Gasteiger partial charge in [-0.25, -0.2) is 13.2 Å². The van der Waals surface area contributed by atoms with Gasteiger partial charge in [0.05, 0.1) is 22.4 Å². The van der Waals surface area contributed by atoms with Crippen molar-refractivity contribution in [1.29, 1.82) is 0 Å². The molecule has 0 aromatic heterocycles. The van der Waals surface area contributed by atoms with E-state index in [0.717, 1.165) is 0 Å². The zero-order chi connectivity index (χ0) is 15.6. The van der Waals surface area contributed by atoms with Crippen LogP contribution in [0.1, 0.15) is 13.3 Å². The van der Waals surface area contributed by atoms with Gasteiger partial charge >= 0.3 is 5.97 Å². The van der Waals surface area contributed by atoms with Crippen LogP contribution in [0.3, 0.4) is 0 Å². The number of ether oxygens (including phenoxy) is 1. The van der Waals surface area contributed by atoms with Gasteiger partial charge in [-0.1, -0.05) is 19.1 Å². The Balaban J connectivity index is 2.48. The van der Waals surface area contributed by atoms with E-state index in [0.29, 0.717) is 18.7 Å². The van der Waals surface area contributed by atoms with Gasteiger partial charge in [-0.2, -0.15) is 0 Å². The van der Waals surface area contributed by atoms with Crippen LogP contribution < -0.4 is 4.90 Å². The molecule has 1 aromatic carbocycles. The van der Waals surface area contributed by atoms with Crippen LogP contribution >= 0.6 is 0 Å². The lowest BCUT2D eigenvalue weighted by atomic mass is 10.2. The summed E-state index contributed by atoms with van der Waals surface area (Å²) >= 11 is 0. The molecule has 7 heteroatoms. The van der Waals surface area contributed by atoms with E-state index in [1.165, 1.54) is 13.2 Å². The SMILES string of the molecule is CCS(=O)(=O)c1ccccc1N1CC(OC)CC1C(=O)O. The molecule has 1 aliphatic rings. The van der Waals surface area contributed by atoms with Crippen LogP contribution in [0.15, 0.2) is 29.2 Å². The number of anilines is 1. The van der Waals surface area contributed by atoms with Gasteiger partial charge in [-0.15, -0.1) is 0 Å². The average Bonchev–Trinajstić information content (AvgIpc) is 2.91. The summed E-state index contributed by atoms with van der Waals surface area (Å²) in [4.78, 5) is 13.2. The van der Waals surface area contributed by atoms with Crippen LogP contribution in [0.2, 0.25) is 0 Å². The summed E-state index contributed by atoms with van der Waals surface area (Å²) in [6.07, 6.45) is 0.121. The number of rotatable bonds is 5. The number of methoxy groups -OCH3 is 1. The highest BCUT2D eigenvalue weighted by molar-refractivity contribution is 7.91. The first-order chi connectivity index (χ1) is 9.90. The number of hydrogen-bond acceptors (Lipinski definition) is 5. The molecule has 1 fully saturated rings. The summed E-state index contributed by atoms with van der Waals surface area (Å²) in [5, 5.41) is 9.36. The maximum atomic E-state index is 12.2. The van der Waals surface area contributed by atoms with Gasteiger partial charge in [0, 0.05) is 20.1 Å². The predicted molar refractivity (Wildman–Crippen MR) is 78.4 cm³/mol. The Morgan fingerprint density at radius 1 is 1.43 bits per heavy atom. The van der Waals surface area contributed by atoms with Crippen molar-refractivity contribution < 1.29 is 23.1 Å². The number of sulfone groups is 1. The second-order valence-electron chi connectivity index (χ2n) is 4.97. The first kappa shape index (κ1) is 15.8.